The number of hydrogen-bond acceptors (Lipinski definition) is 2. The summed E-state index contributed by atoms with van der Waals surface area (Å²) in [4.78, 5) is 2.35. The Morgan fingerprint density at radius 2 is 0.865 bits per heavy atom. The molecule has 1 aromatic heterocycles. The maximum atomic E-state index is 6.35. The molecule has 10 rings (SSSR count). The van der Waals surface area contributed by atoms with Gasteiger partial charge in [0.15, 0.2) is 0 Å². The molecule has 0 fully saturated rings. The van der Waals surface area contributed by atoms with Crippen LogP contribution in [0.5, 0.6) is 0 Å². The first-order chi connectivity index (χ1) is 25.8. The summed E-state index contributed by atoms with van der Waals surface area (Å²) in [5.74, 6) is 0. The highest BCUT2D eigenvalue weighted by atomic mass is 16.3. The number of benzene rings is 9. The Morgan fingerprint density at radius 3 is 1.60 bits per heavy atom. The summed E-state index contributed by atoms with van der Waals surface area (Å²) >= 11 is 0. The lowest BCUT2D eigenvalue weighted by atomic mass is 9.97. The van der Waals surface area contributed by atoms with Gasteiger partial charge in [0.05, 0.1) is 11.1 Å². The van der Waals surface area contributed by atoms with E-state index in [1.165, 1.54) is 54.9 Å². The lowest BCUT2D eigenvalue weighted by Gasteiger charge is -2.26. The fraction of sp³-hybridized carbons (Fsp3) is 0. The smallest absolute Gasteiger partial charge is 0.137 e. The van der Waals surface area contributed by atoms with E-state index in [9.17, 15) is 0 Å². The molecule has 0 aliphatic carbocycles. The van der Waals surface area contributed by atoms with Crippen LogP contribution in [0.15, 0.2) is 205 Å². The normalized spacial score (nSPS) is 11.5. The van der Waals surface area contributed by atoms with Crippen LogP contribution in [-0.2, 0) is 0 Å². The van der Waals surface area contributed by atoms with Crippen molar-refractivity contribution in [2.75, 3.05) is 4.90 Å². The number of para-hydroxylation sites is 1. The predicted molar refractivity (Wildman–Crippen MR) is 220 cm³/mol. The van der Waals surface area contributed by atoms with Crippen LogP contribution in [0, 0.1) is 0 Å². The lowest BCUT2D eigenvalue weighted by molar-refractivity contribution is 0.669. The summed E-state index contributed by atoms with van der Waals surface area (Å²) < 4.78 is 6.35. The van der Waals surface area contributed by atoms with E-state index in [0.29, 0.717) is 0 Å². The van der Waals surface area contributed by atoms with Crippen molar-refractivity contribution in [2.24, 2.45) is 0 Å². The topological polar surface area (TPSA) is 16.4 Å². The maximum Gasteiger partial charge on any atom is 0.137 e. The molecule has 0 saturated heterocycles. The first-order valence-corrected chi connectivity index (χ1v) is 17.8. The van der Waals surface area contributed by atoms with E-state index in [-0.39, 0.29) is 0 Å². The summed E-state index contributed by atoms with van der Waals surface area (Å²) in [6.45, 7) is 0. The van der Waals surface area contributed by atoms with E-state index < -0.39 is 0 Å². The molecule has 2 heteroatoms. The van der Waals surface area contributed by atoms with Crippen LogP contribution in [0.25, 0.3) is 76.9 Å². The predicted octanol–water partition coefficient (Wildman–Crippen LogP) is 14.4. The van der Waals surface area contributed by atoms with Gasteiger partial charge in [0.1, 0.15) is 11.2 Å². The second kappa shape index (κ2) is 12.5. The first kappa shape index (κ1) is 30.0. The minimum atomic E-state index is 0.874. The molecule has 0 N–H and O–H groups in total. The minimum Gasteiger partial charge on any atom is -0.456 e. The molecule has 244 valence electrons. The van der Waals surface area contributed by atoms with Crippen LogP contribution < -0.4 is 4.90 Å². The van der Waals surface area contributed by atoms with Crippen molar-refractivity contribution < 1.29 is 4.42 Å². The molecule has 10 aromatic rings. The van der Waals surface area contributed by atoms with Gasteiger partial charge < -0.3 is 9.32 Å². The Labute approximate surface area is 302 Å². The highest BCUT2D eigenvalue weighted by Gasteiger charge is 2.19. The third-order valence-corrected chi connectivity index (χ3v) is 10.3. The largest absolute Gasteiger partial charge is 0.456 e. The third kappa shape index (κ3) is 5.21. The van der Waals surface area contributed by atoms with E-state index in [0.717, 1.165) is 39.0 Å². The quantitative estimate of drug-likeness (QED) is 0.176. The molecule has 0 bridgehead atoms. The van der Waals surface area contributed by atoms with Crippen LogP contribution in [0.3, 0.4) is 0 Å². The van der Waals surface area contributed by atoms with Gasteiger partial charge in [0.25, 0.3) is 0 Å². The molecule has 0 saturated carbocycles. The van der Waals surface area contributed by atoms with E-state index in [1.54, 1.807) is 0 Å². The van der Waals surface area contributed by atoms with Crippen molar-refractivity contribution in [1.29, 1.82) is 0 Å². The van der Waals surface area contributed by atoms with Gasteiger partial charge in [-0.05, 0) is 110 Å². The zero-order valence-corrected chi connectivity index (χ0v) is 28.4. The average molecular weight is 664 g/mol. The van der Waals surface area contributed by atoms with E-state index in [1.807, 2.05) is 12.1 Å². The van der Waals surface area contributed by atoms with Gasteiger partial charge in [-0.15, -0.1) is 0 Å². The van der Waals surface area contributed by atoms with Crippen LogP contribution >= 0.6 is 0 Å². The zero-order valence-electron chi connectivity index (χ0n) is 28.4. The zero-order chi connectivity index (χ0) is 34.4. The minimum absolute atomic E-state index is 0.874. The van der Waals surface area contributed by atoms with Crippen LogP contribution in [-0.4, -0.2) is 0 Å². The number of anilines is 3. The molecule has 9 aromatic carbocycles. The Hall–Kier alpha value is -6.90. The van der Waals surface area contributed by atoms with Crippen molar-refractivity contribution >= 4 is 60.5 Å². The van der Waals surface area contributed by atoms with Crippen molar-refractivity contribution in [3.05, 3.63) is 200 Å². The molecule has 0 spiro atoms. The van der Waals surface area contributed by atoms with Gasteiger partial charge in [-0.25, -0.2) is 0 Å². The van der Waals surface area contributed by atoms with Gasteiger partial charge in [-0.1, -0.05) is 146 Å². The number of rotatable bonds is 6. The molecular weight excluding hydrogens is 631 g/mol. The summed E-state index contributed by atoms with van der Waals surface area (Å²) in [5.41, 5.74) is 12.3. The third-order valence-electron chi connectivity index (χ3n) is 10.3. The molecular formula is C50H33NO. The SMILES string of the molecule is c1ccc(-c2ccc3cc(-c4ccc(N(c5ccc(-c6cccc7ccccc67)cc5)c5cccc6oc7ccccc7c56)cc4)ccc3c2)cc1. The van der Waals surface area contributed by atoms with E-state index in [4.69, 9.17) is 4.42 Å². The van der Waals surface area contributed by atoms with Gasteiger partial charge in [0.2, 0.25) is 0 Å². The number of fused-ring (bicyclic) bond motifs is 5. The molecule has 0 aliphatic rings. The fourth-order valence-corrected chi connectivity index (χ4v) is 7.68. The first-order valence-electron chi connectivity index (χ1n) is 17.8. The second-order valence-electron chi connectivity index (χ2n) is 13.3. The standard InChI is InChI=1S/C50H33NO/c1-2-10-34(11-3-1)38-20-22-41-33-39(21-23-40(41)32-38)35-24-28-42(29-25-35)51(47-17-9-19-49-50(47)46-15-6-7-18-48(46)52-49)43-30-26-37(27-31-43)45-16-8-13-36-12-4-5-14-44(36)45/h1-33H. The Kier molecular flexibility index (Phi) is 7.18. The summed E-state index contributed by atoms with van der Waals surface area (Å²) in [7, 11) is 0. The molecule has 0 radical (unpaired) electrons. The highest BCUT2D eigenvalue weighted by molar-refractivity contribution is 6.13. The van der Waals surface area contributed by atoms with Crippen molar-refractivity contribution in [3.63, 3.8) is 0 Å². The van der Waals surface area contributed by atoms with E-state index in [2.05, 4.69) is 193 Å². The highest BCUT2D eigenvalue weighted by Crippen LogP contribution is 2.44. The van der Waals surface area contributed by atoms with Crippen LogP contribution in [0.2, 0.25) is 0 Å². The van der Waals surface area contributed by atoms with Crippen molar-refractivity contribution in [3.8, 4) is 33.4 Å². The number of hydrogen-bond donors (Lipinski definition) is 0. The van der Waals surface area contributed by atoms with Crippen LogP contribution in [0.1, 0.15) is 0 Å². The molecule has 2 nitrogen and oxygen atoms in total. The van der Waals surface area contributed by atoms with Crippen molar-refractivity contribution in [2.45, 2.75) is 0 Å². The van der Waals surface area contributed by atoms with Gasteiger partial charge in [-0.2, -0.15) is 0 Å². The van der Waals surface area contributed by atoms with Gasteiger partial charge in [0, 0.05) is 16.8 Å². The fourth-order valence-electron chi connectivity index (χ4n) is 7.68. The monoisotopic (exact) mass is 663 g/mol. The summed E-state index contributed by atoms with van der Waals surface area (Å²) in [5, 5.41) is 7.17. The second-order valence-corrected chi connectivity index (χ2v) is 13.3. The molecule has 0 aliphatic heterocycles. The Morgan fingerprint density at radius 1 is 0.327 bits per heavy atom. The van der Waals surface area contributed by atoms with Crippen LogP contribution in [0.4, 0.5) is 17.1 Å². The van der Waals surface area contributed by atoms with Gasteiger partial charge in [-0.3, -0.25) is 0 Å². The number of furan rings is 1. The van der Waals surface area contributed by atoms with E-state index >= 15 is 0 Å². The number of nitrogens with zero attached hydrogens (tertiary/aromatic N) is 1. The average Bonchev–Trinajstić information content (AvgIpc) is 3.61. The Bertz CT molecular complexity index is 2880. The Balaban J connectivity index is 1.06. The summed E-state index contributed by atoms with van der Waals surface area (Å²) in [6, 6.07) is 71.7. The molecule has 0 atom stereocenters. The molecule has 0 unspecified atom stereocenters. The molecule has 0 amide bonds. The maximum absolute atomic E-state index is 6.35. The lowest BCUT2D eigenvalue weighted by Crippen LogP contribution is -2.10. The molecule has 52 heavy (non-hydrogen) atoms. The summed E-state index contributed by atoms with van der Waals surface area (Å²) in [6.07, 6.45) is 0. The molecule has 1 heterocycles. The van der Waals surface area contributed by atoms with Gasteiger partial charge >= 0.3 is 0 Å². The van der Waals surface area contributed by atoms with Crippen molar-refractivity contribution in [1.82, 2.24) is 0 Å².